The van der Waals surface area contributed by atoms with E-state index in [4.69, 9.17) is 9.47 Å². The lowest BCUT2D eigenvalue weighted by atomic mass is 10.0. The van der Waals surface area contributed by atoms with E-state index in [0.29, 0.717) is 42.2 Å². The summed E-state index contributed by atoms with van der Waals surface area (Å²) in [7, 11) is -3.62. The SMILES string of the molecule is CS(=O)(=O)N(CC(=O)NCCSC1CCCCC1)c1ccc2c(c1)OCCO2. The van der Waals surface area contributed by atoms with Gasteiger partial charge >= 0.3 is 0 Å². The fourth-order valence-electron chi connectivity index (χ4n) is 3.42. The highest BCUT2D eigenvalue weighted by molar-refractivity contribution is 7.99. The number of carbonyl (C=O) groups is 1. The first kappa shape index (κ1) is 21.1. The summed E-state index contributed by atoms with van der Waals surface area (Å²) in [5.41, 5.74) is 0.387. The average Bonchev–Trinajstić information content (AvgIpc) is 2.69. The van der Waals surface area contributed by atoms with Crippen LogP contribution in [0.25, 0.3) is 0 Å². The molecule has 1 aromatic rings. The van der Waals surface area contributed by atoms with Gasteiger partial charge in [-0.05, 0) is 25.0 Å². The van der Waals surface area contributed by atoms with Crippen LogP contribution >= 0.6 is 11.8 Å². The zero-order chi connectivity index (χ0) is 20.0. The first-order chi connectivity index (χ1) is 13.4. The molecule has 0 spiro atoms. The Morgan fingerprint density at radius 2 is 1.89 bits per heavy atom. The molecule has 0 atom stereocenters. The number of benzene rings is 1. The maximum atomic E-state index is 12.3. The van der Waals surface area contributed by atoms with Gasteiger partial charge in [-0.3, -0.25) is 9.10 Å². The Balaban J connectivity index is 1.54. The number of anilines is 1. The quantitative estimate of drug-likeness (QED) is 0.640. The molecule has 156 valence electrons. The molecule has 0 saturated heterocycles. The van der Waals surface area contributed by atoms with Gasteiger partial charge in [-0.15, -0.1) is 0 Å². The van der Waals surface area contributed by atoms with Crippen LogP contribution in [-0.2, 0) is 14.8 Å². The number of fused-ring (bicyclic) bond motifs is 1. The second kappa shape index (κ2) is 9.73. The smallest absolute Gasteiger partial charge is 0.240 e. The third-order valence-corrected chi connectivity index (χ3v) is 7.35. The first-order valence-corrected chi connectivity index (χ1v) is 12.6. The lowest BCUT2D eigenvalue weighted by molar-refractivity contribution is -0.119. The Labute approximate surface area is 171 Å². The Morgan fingerprint density at radius 3 is 2.61 bits per heavy atom. The Bertz CT molecular complexity index is 779. The molecule has 2 aliphatic rings. The number of nitrogens with zero attached hydrogens (tertiary/aromatic N) is 1. The van der Waals surface area contributed by atoms with Crippen molar-refractivity contribution in [2.24, 2.45) is 0 Å². The Kier molecular flexibility index (Phi) is 7.34. The van der Waals surface area contributed by atoms with Crippen LogP contribution in [0.1, 0.15) is 32.1 Å². The summed E-state index contributed by atoms with van der Waals surface area (Å²) in [6.07, 6.45) is 7.52. The van der Waals surface area contributed by atoms with Crippen LogP contribution in [-0.4, -0.2) is 57.9 Å². The minimum Gasteiger partial charge on any atom is -0.486 e. The van der Waals surface area contributed by atoms with Crippen molar-refractivity contribution in [3.05, 3.63) is 18.2 Å². The largest absolute Gasteiger partial charge is 0.486 e. The van der Waals surface area contributed by atoms with Crippen LogP contribution in [0.15, 0.2) is 18.2 Å². The number of ether oxygens (including phenoxy) is 2. The number of sulfonamides is 1. The van der Waals surface area contributed by atoms with Gasteiger partial charge in [0.25, 0.3) is 0 Å². The van der Waals surface area contributed by atoms with E-state index in [-0.39, 0.29) is 12.5 Å². The van der Waals surface area contributed by atoms with E-state index in [9.17, 15) is 13.2 Å². The summed E-state index contributed by atoms with van der Waals surface area (Å²) in [4.78, 5) is 12.3. The van der Waals surface area contributed by atoms with Crippen molar-refractivity contribution in [1.82, 2.24) is 5.32 Å². The molecule has 1 saturated carbocycles. The third-order valence-electron chi connectivity index (χ3n) is 4.83. The lowest BCUT2D eigenvalue weighted by Crippen LogP contribution is -2.41. The number of rotatable bonds is 8. The molecule has 9 heteroatoms. The van der Waals surface area contributed by atoms with E-state index in [1.54, 1.807) is 18.2 Å². The highest BCUT2D eigenvalue weighted by Crippen LogP contribution is 2.34. The van der Waals surface area contributed by atoms with Gasteiger partial charge < -0.3 is 14.8 Å². The fourth-order valence-corrected chi connectivity index (χ4v) is 5.49. The first-order valence-electron chi connectivity index (χ1n) is 9.69. The van der Waals surface area contributed by atoms with Crippen molar-refractivity contribution in [3.8, 4) is 11.5 Å². The molecule has 0 aromatic heterocycles. The summed E-state index contributed by atoms with van der Waals surface area (Å²) < 4.78 is 36.6. The average molecular weight is 429 g/mol. The molecule has 3 rings (SSSR count). The second-order valence-electron chi connectivity index (χ2n) is 7.08. The normalized spacial score (nSPS) is 17.2. The number of nitrogens with one attached hydrogen (secondary N) is 1. The van der Waals surface area contributed by atoms with Crippen molar-refractivity contribution in [3.63, 3.8) is 0 Å². The number of hydrogen-bond donors (Lipinski definition) is 1. The van der Waals surface area contributed by atoms with Gasteiger partial charge in [-0.25, -0.2) is 8.42 Å². The Hall–Kier alpha value is -1.61. The third kappa shape index (κ3) is 5.94. The molecule has 1 heterocycles. The van der Waals surface area contributed by atoms with Crippen LogP contribution in [0, 0.1) is 0 Å². The van der Waals surface area contributed by atoms with Crippen LogP contribution in [0.5, 0.6) is 11.5 Å². The molecule has 28 heavy (non-hydrogen) atoms. The van der Waals surface area contributed by atoms with Gasteiger partial charge in [0.1, 0.15) is 19.8 Å². The minimum atomic E-state index is -3.62. The van der Waals surface area contributed by atoms with E-state index < -0.39 is 10.0 Å². The number of amides is 1. The predicted molar refractivity (Wildman–Crippen MR) is 112 cm³/mol. The molecule has 7 nitrogen and oxygen atoms in total. The van der Waals surface area contributed by atoms with E-state index in [0.717, 1.165) is 16.3 Å². The van der Waals surface area contributed by atoms with Crippen molar-refractivity contribution >= 4 is 33.4 Å². The molecule has 1 aliphatic heterocycles. The van der Waals surface area contributed by atoms with Crippen molar-refractivity contribution in [1.29, 1.82) is 0 Å². The van der Waals surface area contributed by atoms with E-state index in [1.165, 1.54) is 32.1 Å². The maximum absolute atomic E-state index is 12.3. The fraction of sp³-hybridized carbons (Fsp3) is 0.632. The molecule has 1 aliphatic carbocycles. The van der Waals surface area contributed by atoms with Crippen molar-refractivity contribution in [2.75, 3.05) is 42.6 Å². The highest BCUT2D eigenvalue weighted by atomic mass is 32.2. The summed E-state index contributed by atoms with van der Waals surface area (Å²) in [6.45, 7) is 1.16. The van der Waals surface area contributed by atoms with Crippen LogP contribution < -0.4 is 19.1 Å². The Morgan fingerprint density at radius 1 is 1.18 bits per heavy atom. The summed E-state index contributed by atoms with van der Waals surface area (Å²) in [5, 5.41) is 3.53. The van der Waals surface area contributed by atoms with Crippen molar-refractivity contribution in [2.45, 2.75) is 37.4 Å². The topological polar surface area (TPSA) is 84.9 Å². The van der Waals surface area contributed by atoms with Gasteiger partial charge in [0, 0.05) is 23.6 Å². The highest BCUT2D eigenvalue weighted by Gasteiger charge is 2.23. The zero-order valence-corrected chi connectivity index (χ0v) is 17.8. The monoisotopic (exact) mass is 428 g/mol. The van der Waals surface area contributed by atoms with Crippen molar-refractivity contribution < 1.29 is 22.7 Å². The maximum Gasteiger partial charge on any atom is 0.240 e. The van der Waals surface area contributed by atoms with E-state index in [2.05, 4.69) is 5.32 Å². The van der Waals surface area contributed by atoms with Gasteiger partial charge in [0.15, 0.2) is 11.5 Å². The van der Waals surface area contributed by atoms with Crippen LogP contribution in [0.4, 0.5) is 5.69 Å². The number of thioether (sulfide) groups is 1. The van der Waals surface area contributed by atoms with Gasteiger partial charge in [0.2, 0.25) is 15.9 Å². The summed E-state index contributed by atoms with van der Waals surface area (Å²) >= 11 is 1.90. The molecular weight excluding hydrogens is 400 g/mol. The molecular formula is C19H28N2O5S2. The van der Waals surface area contributed by atoms with Gasteiger partial charge in [-0.1, -0.05) is 19.3 Å². The molecule has 1 aromatic carbocycles. The van der Waals surface area contributed by atoms with Gasteiger partial charge in [0.05, 0.1) is 11.9 Å². The molecule has 1 amide bonds. The summed E-state index contributed by atoms with van der Waals surface area (Å²) in [5.74, 6) is 1.60. The second-order valence-corrected chi connectivity index (χ2v) is 10.4. The van der Waals surface area contributed by atoms with Crippen LogP contribution in [0.3, 0.4) is 0 Å². The predicted octanol–water partition coefficient (Wildman–Crippen LogP) is 2.41. The molecule has 0 radical (unpaired) electrons. The molecule has 1 fully saturated rings. The molecule has 0 unspecified atom stereocenters. The lowest BCUT2D eigenvalue weighted by Gasteiger charge is -2.25. The molecule has 1 N–H and O–H groups in total. The van der Waals surface area contributed by atoms with E-state index >= 15 is 0 Å². The summed E-state index contributed by atoms with van der Waals surface area (Å²) in [6, 6.07) is 4.89. The van der Waals surface area contributed by atoms with Gasteiger partial charge in [-0.2, -0.15) is 11.8 Å². The minimum absolute atomic E-state index is 0.257. The number of hydrogen-bond acceptors (Lipinski definition) is 6. The zero-order valence-electron chi connectivity index (χ0n) is 16.2. The number of carbonyl (C=O) groups excluding carboxylic acids is 1. The molecule has 0 bridgehead atoms. The standard InChI is InChI=1S/C19H28N2O5S2/c1-28(23,24)21(15-7-8-17-18(13-15)26-11-10-25-17)14-19(22)20-9-12-27-16-5-3-2-4-6-16/h7-8,13,16H,2-6,9-12,14H2,1H3,(H,20,22). The van der Waals surface area contributed by atoms with E-state index in [1.807, 2.05) is 11.8 Å². The van der Waals surface area contributed by atoms with Crippen LogP contribution in [0.2, 0.25) is 0 Å².